The number of allylic oxidation sites excluding steroid dienone is 4. The molecule has 0 aromatic heterocycles. The van der Waals surface area contributed by atoms with Crippen molar-refractivity contribution in [2.75, 3.05) is 0 Å². The molecule has 0 unspecified atom stereocenters. The van der Waals surface area contributed by atoms with Gasteiger partial charge in [0.05, 0.1) is 11.4 Å². The highest BCUT2D eigenvalue weighted by Gasteiger charge is 2.24. The molecule has 0 amide bonds. The van der Waals surface area contributed by atoms with Crippen LogP contribution >= 0.6 is 0 Å². The lowest BCUT2D eigenvalue weighted by atomic mass is 9.82. The van der Waals surface area contributed by atoms with Crippen molar-refractivity contribution in [1.82, 2.24) is 16.4 Å². The van der Waals surface area contributed by atoms with E-state index in [0.29, 0.717) is 0 Å². The summed E-state index contributed by atoms with van der Waals surface area (Å²) in [6, 6.07) is 0. The summed E-state index contributed by atoms with van der Waals surface area (Å²) in [5.74, 6) is 0. The molecule has 1 aliphatic heterocycles. The zero-order valence-electron chi connectivity index (χ0n) is 9.81. The van der Waals surface area contributed by atoms with Crippen LogP contribution < -0.4 is 16.4 Å². The van der Waals surface area contributed by atoms with Gasteiger partial charge in [-0.3, -0.25) is 0 Å². The van der Waals surface area contributed by atoms with Gasteiger partial charge in [-0.05, 0) is 12.2 Å². The minimum Gasteiger partial charge on any atom is -0.302 e. The first kappa shape index (κ1) is 10.3. The van der Waals surface area contributed by atoms with E-state index in [1.807, 2.05) is 0 Å². The zero-order chi connectivity index (χ0) is 11.1. The molecular weight excluding hydrogens is 186 g/mol. The lowest BCUT2D eigenvalue weighted by Gasteiger charge is -2.24. The summed E-state index contributed by atoms with van der Waals surface area (Å²) in [5.41, 5.74) is 11.6. The van der Waals surface area contributed by atoms with Gasteiger partial charge < -0.3 is 10.9 Å². The summed E-state index contributed by atoms with van der Waals surface area (Å²) < 4.78 is 0. The molecule has 0 bridgehead atoms. The van der Waals surface area contributed by atoms with Gasteiger partial charge in [0, 0.05) is 10.8 Å². The molecule has 1 saturated heterocycles. The van der Waals surface area contributed by atoms with Crippen LogP contribution in [0.25, 0.3) is 0 Å². The second-order valence-electron chi connectivity index (χ2n) is 5.47. The fourth-order valence-electron chi connectivity index (χ4n) is 1.80. The van der Waals surface area contributed by atoms with E-state index in [9.17, 15) is 0 Å². The Bertz CT molecular complexity index is 325. The monoisotopic (exact) mass is 205 g/mol. The van der Waals surface area contributed by atoms with Gasteiger partial charge in [0.2, 0.25) is 0 Å². The maximum Gasteiger partial charge on any atom is 0.0716 e. The SMILES string of the molecule is CC1(C)/C=C\C(C)(C)/C=C2/NNN/C2=C/1. The highest BCUT2D eigenvalue weighted by molar-refractivity contribution is 5.37. The van der Waals surface area contributed by atoms with Gasteiger partial charge in [-0.25, -0.2) is 0 Å². The van der Waals surface area contributed by atoms with Crippen molar-refractivity contribution in [2.45, 2.75) is 27.7 Å². The van der Waals surface area contributed by atoms with Crippen LogP contribution in [0.15, 0.2) is 35.7 Å². The van der Waals surface area contributed by atoms with Crippen LogP contribution in [0.3, 0.4) is 0 Å². The van der Waals surface area contributed by atoms with Crippen LogP contribution in [0, 0.1) is 10.8 Å². The van der Waals surface area contributed by atoms with E-state index in [1.165, 1.54) is 0 Å². The first-order chi connectivity index (χ1) is 6.88. The molecule has 3 nitrogen and oxygen atoms in total. The highest BCUT2D eigenvalue weighted by Crippen LogP contribution is 2.31. The molecule has 1 aliphatic carbocycles. The standard InChI is InChI=1S/C12H19N3/c1-11(2)5-6-12(3,4)8-10-9(7-11)13-15-14-10/h5-8,13-15H,1-4H3/b6-5-,9-7+,10-8+. The van der Waals surface area contributed by atoms with E-state index in [4.69, 9.17) is 0 Å². The quantitative estimate of drug-likeness (QED) is 0.529. The zero-order valence-corrected chi connectivity index (χ0v) is 9.81. The minimum absolute atomic E-state index is 0.0762. The minimum atomic E-state index is 0.0762. The molecule has 1 heterocycles. The van der Waals surface area contributed by atoms with Crippen molar-refractivity contribution in [1.29, 1.82) is 0 Å². The molecule has 82 valence electrons. The van der Waals surface area contributed by atoms with Gasteiger partial charge in [-0.15, -0.1) is 5.53 Å². The van der Waals surface area contributed by atoms with Crippen molar-refractivity contribution in [3.05, 3.63) is 35.7 Å². The Balaban J connectivity index is 2.49. The molecule has 0 radical (unpaired) electrons. The van der Waals surface area contributed by atoms with Gasteiger partial charge in [0.25, 0.3) is 0 Å². The second-order valence-corrected chi connectivity index (χ2v) is 5.47. The Morgan fingerprint density at radius 3 is 1.60 bits per heavy atom. The number of hydrogen-bond acceptors (Lipinski definition) is 3. The Morgan fingerprint density at radius 1 is 0.800 bits per heavy atom. The maximum atomic E-state index is 3.12. The van der Waals surface area contributed by atoms with Crippen molar-refractivity contribution in [3.8, 4) is 0 Å². The van der Waals surface area contributed by atoms with Gasteiger partial charge >= 0.3 is 0 Å². The van der Waals surface area contributed by atoms with Gasteiger partial charge in [-0.1, -0.05) is 39.8 Å². The highest BCUT2D eigenvalue weighted by atomic mass is 15.6. The Morgan fingerprint density at radius 2 is 1.20 bits per heavy atom. The third-order valence-corrected chi connectivity index (χ3v) is 2.66. The van der Waals surface area contributed by atoms with Crippen LogP contribution in [0.2, 0.25) is 0 Å². The van der Waals surface area contributed by atoms with Crippen molar-refractivity contribution < 1.29 is 0 Å². The lowest BCUT2D eigenvalue weighted by molar-refractivity contribution is 0.567. The summed E-state index contributed by atoms with van der Waals surface area (Å²) in [6.07, 6.45) is 8.95. The van der Waals surface area contributed by atoms with E-state index in [0.717, 1.165) is 11.4 Å². The van der Waals surface area contributed by atoms with Crippen LogP contribution in [0.4, 0.5) is 0 Å². The summed E-state index contributed by atoms with van der Waals surface area (Å²) in [5, 5.41) is 0. The number of nitrogens with one attached hydrogen (secondary N) is 3. The molecule has 0 aromatic carbocycles. The summed E-state index contributed by atoms with van der Waals surface area (Å²) >= 11 is 0. The maximum absolute atomic E-state index is 3.12. The van der Waals surface area contributed by atoms with Crippen LogP contribution in [-0.2, 0) is 0 Å². The Kier molecular flexibility index (Phi) is 2.15. The van der Waals surface area contributed by atoms with Gasteiger partial charge in [-0.2, -0.15) is 0 Å². The third kappa shape index (κ3) is 2.23. The van der Waals surface area contributed by atoms with Crippen molar-refractivity contribution >= 4 is 0 Å². The average molecular weight is 205 g/mol. The molecule has 15 heavy (non-hydrogen) atoms. The molecule has 3 N–H and O–H groups in total. The fourth-order valence-corrected chi connectivity index (χ4v) is 1.80. The average Bonchev–Trinajstić information content (AvgIpc) is 2.47. The van der Waals surface area contributed by atoms with Crippen molar-refractivity contribution in [2.24, 2.45) is 10.8 Å². The number of hydrazine groups is 2. The normalized spacial score (nSPS) is 35.5. The Labute approximate surface area is 91.3 Å². The van der Waals surface area contributed by atoms with Crippen molar-refractivity contribution in [3.63, 3.8) is 0 Å². The van der Waals surface area contributed by atoms with Gasteiger partial charge in [0.1, 0.15) is 0 Å². The molecular formula is C12H19N3. The summed E-state index contributed by atoms with van der Waals surface area (Å²) in [6.45, 7) is 8.82. The van der Waals surface area contributed by atoms with Crippen LogP contribution in [0.1, 0.15) is 27.7 Å². The molecule has 0 spiro atoms. The molecule has 0 saturated carbocycles. The fraction of sp³-hybridized carbons (Fsp3) is 0.500. The molecule has 0 aromatic rings. The van der Waals surface area contributed by atoms with E-state index in [-0.39, 0.29) is 10.8 Å². The van der Waals surface area contributed by atoms with Gasteiger partial charge in [0.15, 0.2) is 0 Å². The number of hydrogen-bond donors (Lipinski definition) is 3. The van der Waals surface area contributed by atoms with Crippen LogP contribution in [0.5, 0.6) is 0 Å². The largest absolute Gasteiger partial charge is 0.302 e. The Hall–Kier alpha value is -1.22. The predicted octanol–water partition coefficient (Wildman–Crippen LogP) is 1.99. The smallest absolute Gasteiger partial charge is 0.0716 e. The van der Waals surface area contributed by atoms with Crippen LogP contribution in [-0.4, -0.2) is 0 Å². The number of fused-ring (bicyclic) bond motifs is 1. The molecule has 0 atom stereocenters. The third-order valence-electron chi connectivity index (χ3n) is 2.66. The lowest BCUT2D eigenvalue weighted by Crippen LogP contribution is -2.29. The summed E-state index contributed by atoms with van der Waals surface area (Å²) in [7, 11) is 0. The van der Waals surface area contributed by atoms with E-state index in [2.05, 4.69) is 68.4 Å². The van der Waals surface area contributed by atoms with E-state index >= 15 is 0 Å². The molecule has 1 fully saturated rings. The first-order valence-electron chi connectivity index (χ1n) is 5.32. The predicted molar refractivity (Wildman–Crippen MR) is 62.3 cm³/mol. The topological polar surface area (TPSA) is 36.1 Å². The molecule has 2 aliphatic rings. The second kappa shape index (κ2) is 3.14. The first-order valence-corrected chi connectivity index (χ1v) is 5.32. The molecule has 2 rings (SSSR count). The molecule has 3 heteroatoms. The number of rotatable bonds is 0. The van der Waals surface area contributed by atoms with E-state index < -0.39 is 0 Å². The van der Waals surface area contributed by atoms with E-state index in [1.54, 1.807) is 0 Å². The summed E-state index contributed by atoms with van der Waals surface area (Å²) in [4.78, 5) is 0.